The lowest BCUT2D eigenvalue weighted by Gasteiger charge is -2.20. The fraction of sp³-hybridized carbons (Fsp3) is 0.389. The van der Waals surface area contributed by atoms with Crippen molar-refractivity contribution in [3.05, 3.63) is 39.5 Å². The summed E-state index contributed by atoms with van der Waals surface area (Å²) in [4.78, 5) is 28.8. The lowest BCUT2D eigenvalue weighted by molar-refractivity contribution is -0.140. The maximum absolute atomic E-state index is 12.8. The van der Waals surface area contributed by atoms with Crippen LogP contribution in [0.4, 0.5) is 0 Å². The summed E-state index contributed by atoms with van der Waals surface area (Å²) in [6, 6.07) is 5.80. The van der Waals surface area contributed by atoms with E-state index in [4.69, 9.17) is 4.98 Å². The summed E-state index contributed by atoms with van der Waals surface area (Å²) in [5.74, 6) is -0.484. The van der Waals surface area contributed by atoms with E-state index in [9.17, 15) is 9.59 Å². The van der Waals surface area contributed by atoms with Crippen molar-refractivity contribution in [1.29, 1.82) is 0 Å². The maximum Gasteiger partial charge on any atom is 0.307 e. The van der Waals surface area contributed by atoms with Crippen LogP contribution in [0.5, 0.6) is 0 Å². The number of nitrogens with zero attached hydrogens (tertiary/aromatic N) is 1. The van der Waals surface area contributed by atoms with E-state index < -0.39 is 0 Å². The third-order valence-corrected chi connectivity index (χ3v) is 4.79. The molecule has 0 unspecified atom stereocenters. The van der Waals surface area contributed by atoms with Gasteiger partial charge in [0.2, 0.25) is 0 Å². The molecule has 0 atom stereocenters. The molecule has 1 aromatic carbocycles. The molecule has 1 amide bonds. The molecule has 2 aromatic rings. The number of amides is 1. The molecule has 0 bridgehead atoms. The predicted octanol–water partition coefficient (Wildman–Crippen LogP) is 3.17. The van der Waals surface area contributed by atoms with Crippen molar-refractivity contribution in [3.8, 4) is 0 Å². The highest BCUT2D eigenvalue weighted by Crippen LogP contribution is 2.30. The average Bonchev–Trinajstić information content (AvgIpc) is 2.59. The van der Waals surface area contributed by atoms with E-state index in [1.54, 1.807) is 0 Å². The molecule has 1 N–H and O–H groups in total. The number of hydrogen-bond acceptors (Lipinski definition) is 4. The van der Waals surface area contributed by atoms with Gasteiger partial charge in [0.05, 0.1) is 24.6 Å². The average molecular weight is 391 g/mol. The molecular formula is C18H19BrN2O3. The van der Waals surface area contributed by atoms with Gasteiger partial charge < -0.3 is 10.1 Å². The van der Waals surface area contributed by atoms with E-state index >= 15 is 0 Å². The molecule has 3 rings (SSSR count). The first-order chi connectivity index (χ1) is 11.6. The van der Waals surface area contributed by atoms with Crippen LogP contribution in [0.1, 0.15) is 40.9 Å². The van der Waals surface area contributed by atoms with Crippen LogP contribution in [-0.4, -0.2) is 30.5 Å². The third-order valence-electron chi connectivity index (χ3n) is 4.29. The van der Waals surface area contributed by atoms with Gasteiger partial charge in [-0.05, 0) is 49.4 Å². The number of rotatable bonds is 4. The van der Waals surface area contributed by atoms with Crippen LogP contribution in [0.25, 0.3) is 10.9 Å². The minimum atomic E-state index is -0.334. The number of esters is 1. The second-order valence-electron chi connectivity index (χ2n) is 5.86. The van der Waals surface area contributed by atoms with Crippen LogP contribution in [-0.2, 0) is 22.4 Å². The van der Waals surface area contributed by atoms with Crippen LogP contribution in [0.3, 0.4) is 0 Å². The van der Waals surface area contributed by atoms with Gasteiger partial charge in [-0.25, -0.2) is 0 Å². The van der Waals surface area contributed by atoms with Gasteiger partial charge in [0.15, 0.2) is 0 Å². The number of halogens is 1. The van der Waals surface area contributed by atoms with Crippen LogP contribution in [0, 0.1) is 0 Å². The Kier molecular flexibility index (Phi) is 5.14. The maximum atomic E-state index is 12.8. The first-order valence-corrected chi connectivity index (χ1v) is 8.85. The lowest BCUT2D eigenvalue weighted by Crippen LogP contribution is -2.28. The van der Waals surface area contributed by atoms with E-state index in [0.29, 0.717) is 5.56 Å². The van der Waals surface area contributed by atoms with Gasteiger partial charge in [-0.15, -0.1) is 0 Å². The number of aryl methyl sites for hydroxylation is 1. The molecule has 6 heteroatoms. The Morgan fingerprint density at radius 1 is 1.29 bits per heavy atom. The Balaban J connectivity index is 1.99. The van der Waals surface area contributed by atoms with Crippen LogP contribution in [0.2, 0.25) is 0 Å². The Morgan fingerprint density at radius 3 is 2.88 bits per heavy atom. The van der Waals surface area contributed by atoms with E-state index in [1.807, 2.05) is 18.2 Å². The number of hydrogen-bond donors (Lipinski definition) is 1. The number of nitrogens with one attached hydrogen (secondary N) is 1. The van der Waals surface area contributed by atoms with Crippen LogP contribution >= 0.6 is 15.9 Å². The van der Waals surface area contributed by atoms with Crippen molar-refractivity contribution < 1.29 is 14.3 Å². The molecule has 0 saturated heterocycles. The number of carbonyl (C=O) groups excluding carboxylic acids is 2. The number of aromatic nitrogens is 1. The molecule has 1 aliphatic rings. The number of ether oxygens (including phenoxy) is 1. The topological polar surface area (TPSA) is 68.3 Å². The Hall–Kier alpha value is -1.95. The summed E-state index contributed by atoms with van der Waals surface area (Å²) >= 11 is 3.47. The zero-order valence-corrected chi connectivity index (χ0v) is 15.1. The standard InChI is InChI=1S/C18H19BrN2O3/c1-24-16(22)8-9-20-18(23)17-12-4-2-3-5-14(12)21-15-7-6-11(19)10-13(15)17/h6-7,10H,2-5,8-9H2,1H3,(H,20,23). The highest BCUT2D eigenvalue weighted by atomic mass is 79.9. The molecule has 1 aliphatic carbocycles. The van der Waals surface area contributed by atoms with Crippen LogP contribution in [0.15, 0.2) is 22.7 Å². The van der Waals surface area contributed by atoms with Crippen molar-refractivity contribution >= 4 is 38.7 Å². The van der Waals surface area contributed by atoms with Gasteiger partial charge >= 0.3 is 5.97 Å². The molecule has 24 heavy (non-hydrogen) atoms. The highest BCUT2D eigenvalue weighted by Gasteiger charge is 2.22. The summed E-state index contributed by atoms with van der Waals surface area (Å²) in [7, 11) is 1.34. The number of carbonyl (C=O) groups is 2. The largest absolute Gasteiger partial charge is 0.469 e. The van der Waals surface area contributed by atoms with Crippen LogP contribution < -0.4 is 5.32 Å². The molecule has 0 fully saturated rings. The second kappa shape index (κ2) is 7.30. The quantitative estimate of drug-likeness (QED) is 0.813. The van der Waals surface area contributed by atoms with E-state index in [1.165, 1.54) is 7.11 Å². The second-order valence-corrected chi connectivity index (χ2v) is 6.78. The zero-order valence-electron chi connectivity index (χ0n) is 13.5. The Labute approximate surface area is 148 Å². The zero-order chi connectivity index (χ0) is 17.1. The summed E-state index contributed by atoms with van der Waals surface area (Å²) in [6.45, 7) is 0.262. The predicted molar refractivity (Wildman–Crippen MR) is 95.1 cm³/mol. The number of pyridine rings is 1. The molecule has 0 saturated carbocycles. The minimum absolute atomic E-state index is 0.150. The molecule has 5 nitrogen and oxygen atoms in total. The van der Waals surface area contributed by atoms with E-state index in [0.717, 1.165) is 52.3 Å². The normalized spacial score (nSPS) is 13.4. The molecule has 1 aromatic heterocycles. The molecule has 1 heterocycles. The summed E-state index contributed by atoms with van der Waals surface area (Å²) in [6.07, 6.45) is 4.10. The molecule has 0 aliphatic heterocycles. The van der Waals surface area contributed by atoms with Crippen molar-refractivity contribution in [2.75, 3.05) is 13.7 Å². The molecular weight excluding hydrogens is 372 g/mol. The first-order valence-electron chi connectivity index (χ1n) is 8.06. The van der Waals surface area contributed by atoms with Gasteiger partial charge in [0, 0.05) is 22.1 Å². The van der Waals surface area contributed by atoms with Gasteiger partial charge in [-0.3, -0.25) is 14.6 Å². The van der Waals surface area contributed by atoms with Crippen molar-refractivity contribution in [1.82, 2.24) is 10.3 Å². The van der Waals surface area contributed by atoms with Gasteiger partial charge in [-0.2, -0.15) is 0 Å². The Morgan fingerprint density at radius 2 is 2.08 bits per heavy atom. The number of fused-ring (bicyclic) bond motifs is 2. The fourth-order valence-electron chi connectivity index (χ4n) is 3.12. The highest BCUT2D eigenvalue weighted by molar-refractivity contribution is 9.10. The monoisotopic (exact) mass is 390 g/mol. The third kappa shape index (κ3) is 3.43. The smallest absolute Gasteiger partial charge is 0.307 e. The number of methoxy groups -OCH3 is 1. The SMILES string of the molecule is COC(=O)CCNC(=O)c1c2c(nc3ccc(Br)cc13)CCCC2. The number of benzene rings is 1. The van der Waals surface area contributed by atoms with Gasteiger partial charge in [0.1, 0.15) is 0 Å². The van der Waals surface area contributed by atoms with Gasteiger partial charge in [-0.1, -0.05) is 15.9 Å². The molecule has 0 spiro atoms. The van der Waals surface area contributed by atoms with E-state index in [-0.39, 0.29) is 24.8 Å². The van der Waals surface area contributed by atoms with Gasteiger partial charge in [0.25, 0.3) is 5.91 Å². The molecule has 126 valence electrons. The van der Waals surface area contributed by atoms with E-state index in [2.05, 4.69) is 26.0 Å². The van der Waals surface area contributed by atoms with Crippen molar-refractivity contribution in [2.45, 2.75) is 32.1 Å². The fourth-order valence-corrected chi connectivity index (χ4v) is 3.49. The summed E-state index contributed by atoms with van der Waals surface area (Å²) < 4.78 is 5.52. The lowest BCUT2D eigenvalue weighted by atomic mass is 9.89. The minimum Gasteiger partial charge on any atom is -0.469 e. The summed E-state index contributed by atoms with van der Waals surface area (Å²) in [5, 5.41) is 3.69. The summed E-state index contributed by atoms with van der Waals surface area (Å²) in [5.41, 5.74) is 3.59. The first kappa shape index (κ1) is 16.9. The molecule has 0 radical (unpaired) electrons. The Bertz CT molecular complexity index is 804. The van der Waals surface area contributed by atoms with Crippen molar-refractivity contribution in [3.63, 3.8) is 0 Å². The van der Waals surface area contributed by atoms with Crippen molar-refractivity contribution in [2.24, 2.45) is 0 Å².